The molecule has 0 saturated carbocycles. The summed E-state index contributed by atoms with van der Waals surface area (Å²) in [6, 6.07) is 0.0372. The van der Waals surface area contributed by atoms with Gasteiger partial charge in [-0.15, -0.1) is 0 Å². The molecule has 4 nitrogen and oxygen atoms in total. The molecule has 0 spiro atoms. The van der Waals surface area contributed by atoms with E-state index in [9.17, 15) is 4.79 Å². The number of rotatable bonds is 7. The maximum absolute atomic E-state index is 12.6. The standard InChI is InChI=1S/C16H31N3O/c1-4-8-14-17-15(13(3)5-2)16(20)19(14)12-11-18-9-6-7-10-18/h13-15,17H,4-12H2,1-3H3. The zero-order chi connectivity index (χ0) is 14.5. The Balaban J connectivity index is 1.93. The molecule has 0 aromatic heterocycles. The van der Waals surface area contributed by atoms with E-state index in [2.05, 4.69) is 35.9 Å². The van der Waals surface area contributed by atoms with Crippen LogP contribution >= 0.6 is 0 Å². The molecular weight excluding hydrogens is 250 g/mol. The van der Waals surface area contributed by atoms with Crippen LogP contribution < -0.4 is 5.32 Å². The molecule has 1 amide bonds. The van der Waals surface area contributed by atoms with Gasteiger partial charge in [0, 0.05) is 13.1 Å². The molecule has 116 valence electrons. The van der Waals surface area contributed by atoms with E-state index in [0.29, 0.717) is 11.8 Å². The first-order valence-electron chi connectivity index (χ1n) is 8.46. The van der Waals surface area contributed by atoms with Gasteiger partial charge in [-0.3, -0.25) is 10.1 Å². The summed E-state index contributed by atoms with van der Waals surface area (Å²) in [4.78, 5) is 17.2. The fraction of sp³-hybridized carbons (Fsp3) is 0.938. The van der Waals surface area contributed by atoms with E-state index in [0.717, 1.165) is 32.4 Å². The van der Waals surface area contributed by atoms with Gasteiger partial charge >= 0.3 is 0 Å². The molecular formula is C16H31N3O. The number of likely N-dealkylation sites (tertiary alicyclic amines) is 1. The molecule has 1 N–H and O–H groups in total. The van der Waals surface area contributed by atoms with E-state index < -0.39 is 0 Å². The van der Waals surface area contributed by atoms with E-state index in [1.54, 1.807) is 0 Å². The summed E-state index contributed by atoms with van der Waals surface area (Å²) in [6.45, 7) is 10.9. The molecule has 0 bridgehead atoms. The molecule has 2 fully saturated rings. The third kappa shape index (κ3) is 3.53. The van der Waals surface area contributed by atoms with Gasteiger partial charge in [0.15, 0.2) is 0 Å². The van der Waals surface area contributed by atoms with Gasteiger partial charge in [0.1, 0.15) is 0 Å². The third-order valence-electron chi connectivity index (χ3n) is 4.93. The van der Waals surface area contributed by atoms with Crippen molar-refractivity contribution in [3.8, 4) is 0 Å². The predicted octanol–water partition coefficient (Wildman–Crippen LogP) is 2.05. The summed E-state index contributed by atoms with van der Waals surface area (Å²) in [5, 5.41) is 3.58. The van der Waals surface area contributed by atoms with Crippen molar-refractivity contribution in [3.63, 3.8) is 0 Å². The van der Waals surface area contributed by atoms with Crippen molar-refractivity contribution in [2.75, 3.05) is 26.2 Å². The van der Waals surface area contributed by atoms with E-state index in [1.165, 1.54) is 25.9 Å². The minimum absolute atomic E-state index is 0.0372. The number of nitrogens with zero attached hydrogens (tertiary/aromatic N) is 2. The highest BCUT2D eigenvalue weighted by Crippen LogP contribution is 2.22. The molecule has 0 radical (unpaired) electrons. The van der Waals surface area contributed by atoms with Gasteiger partial charge in [-0.05, 0) is 38.3 Å². The van der Waals surface area contributed by atoms with Crippen LogP contribution in [0.15, 0.2) is 0 Å². The average Bonchev–Trinajstić information content (AvgIpc) is 3.05. The van der Waals surface area contributed by atoms with Gasteiger partial charge in [-0.2, -0.15) is 0 Å². The maximum Gasteiger partial charge on any atom is 0.241 e. The van der Waals surface area contributed by atoms with Gasteiger partial charge in [0.05, 0.1) is 12.2 Å². The highest BCUT2D eigenvalue weighted by atomic mass is 16.2. The summed E-state index contributed by atoms with van der Waals surface area (Å²) in [5.74, 6) is 0.760. The number of carbonyl (C=O) groups is 1. The Bertz CT molecular complexity index is 315. The van der Waals surface area contributed by atoms with E-state index in [4.69, 9.17) is 0 Å². The quantitative estimate of drug-likeness (QED) is 0.776. The molecule has 3 atom stereocenters. The lowest BCUT2D eigenvalue weighted by molar-refractivity contribution is -0.131. The molecule has 0 aromatic rings. The second-order valence-corrected chi connectivity index (χ2v) is 6.41. The number of hydrogen-bond acceptors (Lipinski definition) is 3. The fourth-order valence-electron chi connectivity index (χ4n) is 3.38. The van der Waals surface area contributed by atoms with Gasteiger partial charge in [0.2, 0.25) is 5.91 Å². The van der Waals surface area contributed by atoms with Gasteiger partial charge in [-0.1, -0.05) is 33.6 Å². The van der Waals surface area contributed by atoms with Crippen LogP contribution in [0.25, 0.3) is 0 Å². The topological polar surface area (TPSA) is 35.6 Å². The fourth-order valence-corrected chi connectivity index (χ4v) is 3.38. The smallest absolute Gasteiger partial charge is 0.241 e. The molecule has 4 heteroatoms. The maximum atomic E-state index is 12.6. The first kappa shape index (κ1) is 15.8. The van der Waals surface area contributed by atoms with Crippen LogP contribution in [0.4, 0.5) is 0 Å². The zero-order valence-corrected chi connectivity index (χ0v) is 13.4. The lowest BCUT2D eigenvalue weighted by Gasteiger charge is -2.26. The molecule has 20 heavy (non-hydrogen) atoms. The van der Waals surface area contributed by atoms with Crippen LogP contribution in [-0.2, 0) is 4.79 Å². The van der Waals surface area contributed by atoms with Crippen LogP contribution in [0, 0.1) is 5.92 Å². The molecule has 2 aliphatic rings. The summed E-state index contributed by atoms with van der Waals surface area (Å²) >= 11 is 0. The Morgan fingerprint density at radius 1 is 1.25 bits per heavy atom. The van der Waals surface area contributed by atoms with E-state index >= 15 is 0 Å². The molecule has 2 saturated heterocycles. The minimum Gasteiger partial charge on any atom is -0.325 e. The Kier molecular flexibility index (Phi) is 5.85. The van der Waals surface area contributed by atoms with Crippen LogP contribution in [0.3, 0.4) is 0 Å². The molecule has 2 heterocycles. The molecule has 0 aliphatic carbocycles. The van der Waals surface area contributed by atoms with Crippen molar-refractivity contribution < 1.29 is 4.79 Å². The normalized spacial score (nSPS) is 29.4. The van der Waals surface area contributed by atoms with Crippen LogP contribution in [0.1, 0.15) is 52.9 Å². The van der Waals surface area contributed by atoms with Crippen molar-refractivity contribution in [2.24, 2.45) is 5.92 Å². The van der Waals surface area contributed by atoms with Gasteiger partial charge in [-0.25, -0.2) is 0 Å². The Labute approximate surface area is 123 Å². The predicted molar refractivity (Wildman–Crippen MR) is 82.5 cm³/mol. The summed E-state index contributed by atoms with van der Waals surface area (Å²) in [7, 11) is 0. The lowest BCUT2D eigenvalue weighted by Crippen LogP contribution is -2.41. The molecule has 3 unspecified atom stereocenters. The number of carbonyl (C=O) groups excluding carboxylic acids is 1. The molecule has 2 rings (SSSR count). The largest absolute Gasteiger partial charge is 0.325 e. The first-order chi connectivity index (χ1) is 9.67. The third-order valence-corrected chi connectivity index (χ3v) is 4.93. The van der Waals surface area contributed by atoms with Crippen molar-refractivity contribution >= 4 is 5.91 Å². The lowest BCUT2D eigenvalue weighted by atomic mass is 9.99. The number of amides is 1. The van der Waals surface area contributed by atoms with Crippen LogP contribution in [0.2, 0.25) is 0 Å². The van der Waals surface area contributed by atoms with E-state index in [1.807, 2.05) is 0 Å². The summed E-state index contributed by atoms with van der Waals surface area (Å²) in [5.41, 5.74) is 0. The van der Waals surface area contributed by atoms with Gasteiger partial charge < -0.3 is 9.80 Å². The number of nitrogens with one attached hydrogen (secondary N) is 1. The summed E-state index contributed by atoms with van der Waals surface area (Å²) in [6.07, 6.45) is 6.15. The van der Waals surface area contributed by atoms with Gasteiger partial charge in [0.25, 0.3) is 0 Å². The molecule has 2 aliphatic heterocycles. The zero-order valence-electron chi connectivity index (χ0n) is 13.4. The monoisotopic (exact) mass is 281 g/mol. The number of hydrogen-bond donors (Lipinski definition) is 1. The minimum atomic E-state index is 0.0372. The Hall–Kier alpha value is -0.610. The first-order valence-corrected chi connectivity index (χ1v) is 8.46. The highest BCUT2D eigenvalue weighted by Gasteiger charge is 2.40. The van der Waals surface area contributed by atoms with Crippen molar-refractivity contribution in [1.29, 1.82) is 0 Å². The second kappa shape index (κ2) is 7.41. The summed E-state index contributed by atoms with van der Waals surface area (Å²) < 4.78 is 0. The van der Waals surface area contributed by atoms with E-state index in [-0.39, 0.29) is 12.2 Å². The Morgan fingerprint density at radius 3 is 2.55 bits per heavy atom. The van der Waals surface area contributed by atoms with Crippen molar-refractivity contribution in [2.45, 2.75) is 65.1 Å². The SMILES string of the molecule is CCCC1NC(C(C)CC)C(=O)N1CCN1CCCC1. The molecule has 0 aromatic carbocycles. The second-order valence-electron chi connectivity index (χ2n) is 6.41. The van der Waals surface area contributed by atoms with Crippen molar-refractivity contribution in [1.82, 2.24) is 15.1 Å². The highest BCUT2D eigenvalue weighted by molar-refractivity contribution is 5.84. The van der Waals surface area contributed by atoms with Crippen LogP contribution in [-0.4, -0.2) is 54.1 Å². The van der Waals surface area contributed by atoms with Crippen LogP contribution in [0.5, 0.6) is 0 Å². The Morgan fingerprint density at radius 2 is 1.95 bits per heavy atom. The van der Waals surface area contributed by atoms with Crippen molar-refractivity contribution in [3.05, 3.63) is 0 Å². The average molecular weight is 281 g/mol.